The molecular weight excluding hydrogens is 644 g/mol. The Morgan fingerprint density at radius 2 is 1.31 bits per heavy atom. The van der Waals surface area contributed by atoms with Gasteiger partial charge in [-0.3, -0.25) is 4.90 Å². The predicted octanol–water partition coefficient (Wildman–Crippen LogP) is 9.86. The zero-order valence-electron chi connectivity index (χ0n) is 23.1. The number of nitrogens with zero attached hydrogens (tertiary/aromatic N) is 2. The van der Waals surface area contributed by atoms with Crippen LogP contribution in [0.5, 0.6) is 0 Å². The fourth-order valence-electron chi connectivity index (χ4n) is 5.90. The highest BCUT2D eigenvalue weighted by Gasteiger charge is 2.63. The molecule has 0 aliphatic carbocycles. The molecule has 12 heteroatoms. The molecule has 0 amide bonds. The minimum atomic E-state index is -5.18. The van der Waals surface area contributed by atoms with Crippen molar-refractivity contribution in [2.24, 2.45) is 5.16 Å². The predicted molar refractivity (Wildman–Crippen MR) is 157 cm³/mol. The fourth-order valence-corrected chi connectivity index (χ4v) is 6.33. The molecule has 4 aromatic carbocycles. The Hall–Kier alpha value is -3.60. The van der Waals surface area contributed by atoms with E-state index in [9.17, 15) is 26.3 Å². The molecule has 0 N–H and O–H groups in total. The van der Waals surface area contributed by atoms with Crippen LogP contribution in [-0.4, -0.2) is 29.9 Å². The topological polar surface area (TPSA) is 24.8 Å². The first-order valence-electron chi connectivity index (χ1n) is 13.7. The summed E-state index contributed by atoms with van der Waals surface area (Å²) in [4.78, 5) is 6.90. The SMILES string of the molecule is FC(F)(F)c1cc(C2(C(F)(F)F)CC(c3ccc(C4(F)CN(C(c5ccccc5)c5ccccc5)C4)cc3)=NO2)cc(Cl)c1Cl. The van der Waals surface area contributed by atoms with Gasteiger partial charge in [0.1, 0.15) is 0 Å². The van der Waals surface area contributed by atoms with Crippen molar-refractivity contribution in [1.82, 2.24) is 4.90 Å². The van der Waals surface area contributed by atoms with Crippen LogP contribution in [0.25, 0.3) is 0 Å². The second-order valence-corrected chi connectivity index (χ2v) is 11.9. The fraction of sp³-hybridized carbons (Fsp3) is 0.242. The summed E-state index contributed by atoms with van der Waals surface area (Å²) < 4.78 is 100. The Balaban J connectivity index is 1.23. The van der Waals surface area contributed by atoms with E-state index < -0.39 is 51.2 Å². The first-order valence-corrected chi connectivity index (χ1v) is 14.5. The summed E-state index contributed by atoms with van der Waals surface area (Å²) in [6.07, 6.45) is -11.2. The van der Waals surface area contributed by atoms with Crippen LogP contribution in [0.1, 0.15) is 45.8 Å². The number of benzene rings is 4. The Kier molecular flexibility index (Phi) is 7.90. The molecule has 1 unspecified atom stereocenters. The summed E-state index contributed by atoms with van der Waals surface area (Å²) in [5.74, 6) is 0. The maximum Gasteiger partial charge on any atom is 0.435 e. The second-order valence-electron chi connectivity index (χ2n) is 11.1. The first-order chi connectivity index (χ1) is 21.2. The molecule has 0 aromatic heterocycles. The summed E-state index contributed by atoms with van der Waals surface area (Å²) >= 11 is 11.5. The van der Waals surface area contributed by atoms with E-state index in [2.05, 4.69) is 5.16 Å². The van der Waals surface area contributed by atoms with Crippen molar-refractivity contribution >= 4 is 28.9 Å². The van der Waals surface area contributed by atoms with E-state index in [0.29, 0.717) is 11.6 Å². The lowest BCUT2D eigenvalue weighted by molar-refractivity contribution is -0.276. The molecule has 0 radical (unpaired) electrons. The van der Waals surface area contributed by atoms with E-state index >= 15 is 4.39 Å². The molecule has 1 saturated heterocycles. The highest BCUT2D eigenvalue weighted by Crippen LogP contribution is 2.52. The minimum Gasteiger partial charge on any atom is -0.374 e. The van der Waals surface area contributed by atoms with E-state index in [1.54, 1.807) is 0 Å². The van der Waals surface area contributed by atoms with Crippen molar-refractivity contribution in [3.63, 3.8) is 0 Å². The van der Waals surface area contributed by atoms with Crippen LogP contribution in [-0.2, 0) is 22.3 Å². The van der Waals surface area contributed by atoms with Gasteiger partial charge < -0.3 is 4.84 Å². The van der Waals surface area contributed by atoms with Crippen LogP contribution in [0.2, 0.25) is 10.0 Å². The first kappa shape index (κ1) is 31.4. The maximum absolute atomic E-state index is 16.1. The number of oxime groups is 1. The van der Waals surface area contributed by atoms with E-state index in [4.69, 9.17) is 28.0 Å². The number of rotatable bonds is 6. The van der Waals surface area contributed by atoms with E-state index in [-0.39, 0.29) is 36.5 Å². The van der Waals surface area contributed by atoms with Crippen molar-refractivity contribution in [2.45, 2.75) is 36.1 Å². The molecule has 0 saturated carbocycles. The Bertz CT molecular complexity index is 1680. The van der Waals surface area contributed by atoms with Gasteiger partial charge in [-0.05, 0) is 34.4 Å². The third-order valence-electron chi connectivity index (χ3n) is 8.22. The van der Waals surface area contributed by atoms with Crippen LogP contribution in [0.15, 0.2) is 102 Å². The molecular formula is C33H23Cl2F7N2O. The lowest BCUT2D eigenvalue weighted by Gasteiger charge is -2.49. The number of likely N-dealkylation sites (tertiary alicyclic amines) is 1. The Labute approximate surface area is 263 Å². The van der Waals surface area contributed by atoms with Gasteiger partial charge in [0.2, 0.25) is 0 Å². The van der Waals surface area contributed by atoms with E-state index in [1.165, 1.54) is 24.3 Å². The molecule has 1 fully saturated rings. The molecule has 234 valence electrons. The molecule has 2 aliphatic rings. The zero-order chi connectivity index (χ0) is 32.2. The van der Waals surface area contributed by atoms with Gasteiger partial charge in [0.05, 0.1) is 27.4 Å². The van der Waals surface area contributed by atoms with Gasteiger partial charge in [0.25, 0.3) is 5.60 Å². The van der Waals surface area contributed by atoms with E-state index in [1.807, 2.05) is 65.6 Å². The van der Waals surface area contributed by atoms with Crippen molar-refractivity contribution in [3.05, 3.63) is 140 Å². The Morgan fingerprint density at radius 3 is 1.82 bits per heavy atom. The van der Waals surface area contributed by atoms with Crippen molar-refractivity contribution < 1.29 is 35.6 Å². The second kappa shape index (κ2) is 11.3. The van der Waals surface area contributed by atoms with Crippen molar-refractivity contribution in [3.8, 4) is 0 Å². The van der Waals surface area contributed by atoms with Crippen LogP contribution < -0.4 is 0 Å². The van der Waals surface area contributed by atoms with Gasteiger partial charge in [-0.15, -0.1) is 0 Å². The summed E-state index contributed by atoms with van der Waals surface area (Å²) in [5, 5.41) is 1.98. The summed E-state index contributed by atoms with van der Waals surface area (Å²) in [7, 11) is 0. The largest absolute Gasteiger partial charge is 0.435 e. The highest BCUT2D eigenvalue weighted by molar-refractivity contribution is 6.42. The standard InChI is InChI=1S/C33H23Cl2F7N2O/c34-26-16-24(15-25(28(26)35)32(37,38)39)31(33(40,41)42)17-27(43-45-31)20-11-13-23(14-12-20)30(36)18-44(19-30)29(21-7-3-1-4-8-21)22-9-5-2-6-10-22/h1-16,29H,17-19H2. The minimum absolute atomic E-state index is 0.0842. The summed E-state index contributed by atoms with van der Waals surface area (Å²) in [6, 6.07) is 26.0. The van der Waals surface area contributed by atoms with Gasteiger partial charge in [0.15, 0.2) is 5.67 Å². The van der Waals surface area contributed by atoms with Gasteiger partial charge in [-0.1, -0.05) is 113 Å². The zero-order valence-corrected chi connectivity index (χ0v) is 24.7. The smallest absolute Gasteiger partial charge is 0.374 e. The van der Waals surface area contributed by atoms with Crippen molar-refractivity contribution in [2.75, 3.05) is 13.1 Å². The van der Waals surface area contributed by atoms with Gasteiger partial charge >= 0.3 is 12.4 Å². The normalized spacial score (nSPS) is 20.1. The average molecular weight is 667 g/mol. The molecule has 2 aliphatic heterocycles. The van der Waals surface area contributed by atoms with Crippen LogP contribution in [0, 0.1) is 0 Å². The van der Waals surface area contributed by atoms with Crippen molar-refractivity contribution in [1.29, 1.82) is 0 Å². The lowest BCUT2D eigenvalue weighted by atomic mass is 9.82. The molecule has 2 heterocycles. The van der Waals surface area contributed by atoms with Gasteiger partial charge in [0, 0.05) is 25.1 Å². The number of hydrogen-bond donors (Lipinski definition) is 0. The molecule has 4 aromatic rings. The quantitative estimate of drug-likeness (QED) is 0.191. The number of alkyl halides is 7. The van der Waals surface area contributed by atoms with Gasteiger partial charge in [-0.2, -0.15) is 26.3 Å². The van der Waals surface area contributed by atoms with Crippen LogP contribution in [0.3, 0.4) is 0 Å². The number of hydrogen-bond acceptors (Lipinski definition) is 3. The highest BCUT2D eigenvalue weighted by atomic mass is 35.5. The molecule has 6 rings (SSSR count). The summed E-state index contributed by atoms with van der Waals surface area (Å²) in [5.41, 5.74) is -4.98. The molecule has 3 nitrogen and oxygen atoms in total. The molecule has 0 bridgehead atoms. The van der Waals surface area contributed by atoms with Gasteiger partial charge in [-0.25, -0.2) is 4.39 Å². The lowest BCUT2D eigenvalue weighted by Crippen LogP contribution is -2.57. The van der Waals surface area contributed by atoms with Crippen LogP contribution >= 0.6 is 23.2 Å². The molecule has 0 spiro atoms. The van der Waals surface area contributed by atoms with Crippen LogP contribution in [0.4, 0.5) is 30.7 Å². The molecule has 45 heavy (non-hydrogen) atoms. The number of halogens is 9. The summed E-state index contributed by atoms with van der Waals surface area (Å²) in [6.45, 7) is 0.168. The third-order valence-corrected chi connectivity index (χ3v) is 9.03. The third kappa shape index (κ3) is 5.68. The average Bonchev–Trinajstić information content (AvgIpc) is 3.46. The monoisotopic (exact) mass is 666 g/mol. The van der Waals surface area contributed by atoms with E-state index in [0.717, 1.165) is 11.1 Å². The Morgan fingerprint density at radius 1 is 0.756 bits per heavy atom. The maximum atomic E-state index is 16.1. The molecule has 1 atom stereocenters.